The van der Waals surface area contributed by atoms with Crippen LogP contribution in [0.25, 0.3) is 11.0 Å². The average molecular weight is 354 g/mol. The highest BCUT2D eigenvalue weighted by Crippen LogP contribution is 2.24. The lowest BCUT2D eigenvalue weighted by atomic mass is 9.97. The standard InChI is InChI=1S/C18H22N6O2/c1-12-4-2-6-14-17(12)22-15(21-14)9-26-10-16(25)24-7-3-5-13(8-24)18-19-11-20-23-18/h2,4,6,11,13H,3,5,7-10H2,1H3,(H,21,22)(H,19,20,23). The van der Waals surface area contributed by atoms with E-state index >= 15 is 0 Å². The molecular formula is C18H22N6O2. The van der Waals surface area contributed by atoms with Crippen LogP contribution in [0.15, 0.2) is 24.5 Å². The predicted octanol–water partition coefficient (Wildman–Crippen LogP) is 1.91. The number of ether oxygens (including phenoxy) is 1. The predicted molar refractivity (Wildman–Crippen MR) is 95.4 cm³/mol. The molecule has 1 saturated heterocycles. The number of H-pyrrole nitrogens is 2. The first-order valence-corrected chi connectivity index (χ1v) is 8.85. The number of aromatic amines is 2. The summed E-state index contributed by atoms with van der Waals surface area (Å²) < 4.78 is 5.61. The number of nitrogens with zero attached hydrogens (tertiary/aromatic N) is 4. The van der Waals surface area contributed by atoms with E-state index in [1.807, 2.05) is 30.0 Å². The Morgan fingerprint density at radius 3 is 3.15 bits per heavy atom. The summed E-state index contributed by atoms with van der Waals surface area (Å²) in [4.78, 5) is 26.3. The lowest BCUT2D eigenvalue weighted by Crippen LogP contribution is -2.41. The Kier molecular flexibility index (Phi) is 4.66. The summed E-state index contributed by atoms with van der Waals surface area (Å²) in [5.74, 6) is 1.80. The van der Waals surface area contributed by atoms with Crippen LogP contribution < -0.4 is 0 Å². The number of fused-ring (bicyclic) bond motifs is 1. The number of aromatic nitrogens is 5. The fourth-order valence-corrected chi connectivity index (χ4v) is 3.46. The number of benzene rings is 1. The normalized spacial score (nSPS) is 17.7. The summed E-state index contributed by atoms with van der Waals surface area (Å²) in [6.07, 6.45) is 3.48. The third-order valence-corrected chi connectivity index (χ3v) is 4.82. The zero-order chi connectivity index (χ0) is 17.9. The lowest BCUT2D eigenvalue weighted by Gasteiger charge is -2.31. The van der Waals surface area contributed by atoms with Crippen LogP contribution >= 0.6 is 0 Å². The molecule has 4 rings (SSSR count). The Labute approximate surface area is 151 Å². The van der Waals surface area contributed by atoms with Gasteiger partial charge in [0.05, 0.1) is 11.0 Å². The van der Waals surface area contributed by atoms with Crippen LogP contribution in [-0.4, -0.2) is 55.7 Å². The second kappa shape index (κ2) is 7.25. The van der Waals surface area contributed by atoms with Crippen LogP contribution in [0.3, 0.4) is 0 Å². The number of hydrogen-bond acceptors (Lipinski definition) is 5. The number of amides is 1. The molecule has 8 heteroatoms. The van der Waals surface area contributed by atoms with Gasteiger partial charge in [0.2, 0.25) is 5.91 Å². The molecule has 1 fully saturated rings. The number of hydrogen-bond donors (Lipinski definition) is 2. The number of aryl methyl sites for hydroxylation is 1. The first kappa shape index (κ1) is 16.7. The average Bonchev–Trinajstić information content (AvgIpc) is 3.32. The molecule has 26 heavy (non-hydrogen) atoms. The summed E-state index contributed by atoms with van der Waals surface area (Å²) in [6, 6.07) is 6.01. The van der Waals surface area contributed by atoms with Crippen molar-refractivity contribution in [2.24, 2.45) is 0 Å². The number of para-hydroxylation sites is 1. The highest BCUT2D eigenvalue weighted by Gasteiger charge is 2.26. The molecule has 1 aromatic carbocycles. The Balaban J connectivity index is 1.31. The molecule has 136 valence electrons. The van der Waals surface area contributed by atoms with Crippen LogP contribution in [-0.2, 0) is 16.1 Å². The number of piperidine rings is 1. The molecule has 2 N–H and O–H groups in total. The van der Waals surface area contributed by atoms with Crippen molar-refractivity contribution < 1.29 is 9.53 Å². The van der Waals surface area contributed by atoms with Crippen molar-refractivity contribution in [3.8, 4) is 0 Å². The largest absolute Gasteiger partial charge is 0.364 e. The number of carbonyl (C=O) groups is 1. The SMILES string of the molecule is Cc1cccc2[nH]c(COCC(=O)N3CCCC(c4ncn[nH]4)C3)nc12. The highest BCUT2D eigenvalue weighted by molar-refractivity contribution is 5.78. The van der Waals surface area contributed by atoms with Gasteiger partial charge in [0.1, 0.15) is 31.2 Å². The van der Waals surface area contributed by atoms with E-state index in [-0.39, 0.29) is 18.4 Å². The Morgan fingerprint density at radius 2 is 2.35 bits per heavy atom. The second-order valence-corrected chi connectivity index (χ2v) is 6.70. The Bertz CT molecular complexity index is 888. The van der Waals surface area contributed by atoms with Gasteiger partial charge in [0.15, 0.2) is 0 Å². The third kappa shape index (κ3) is 3.45. The number of rotatable bonds is 5. The molecule has 0 spiro atoms. The van der Waals surface area contributed by atoms with E-state index in [0.717, 1.165) is 47.6 Å². The molecule has 1 unspecified atom stereocenters. The summed E-state index contributed by atoms with van der Waals surface area (Å²) in [5.41, 5.74) is 3.05. The molecule has 2 aromatic heterocycles. The topological polar surface area (TPSA) is 99.8 Å². The van der Waals surface area contributed by atoms with Gasteiger partial charge in [0, 0.05) is 19.0 Å². The van der Waals surface area contributed by atoms with E-state index in [1.165, 1.54) is 6.33 Å². The van der Waals surface area contributed by atoms with Crippen LogP contribution in [0.1, 0.15) is 36.0 Å². The van der Waals surface area contributed by atoms with Gasteiger partial charge in [-0.15, -0.1) is 0 Å². The van der Waals surface area contributed by atoms with Crippen LogP contribution in [0.4, 0.5) is 0 Å². The van der Waals surface area contributed by atoms with Gasteiger partial charge < -0.3 is 14.6 Å². The van der Waals surface area contributed by atoms with Crippen LogP contribution in [0.5, 0.6) is 0 Å². The molecule has 0 radical (unpaired) electrons. The van der Waals surface area contributed by atoms with Crippen molar-refractivity contribution in [2.45, 2.75) is 32.3 Å². The van der Waals surface area contributed by atoms with E-state index in [9.17, 15) is 4.79 Å². The highest BCUT2D eigenvalue weighted by atomic mass is 16.5. The number of imidazole rings is 1. The maximum atomic E-state index is 12.5. The minimum atomic E-state index is 0.00140. The van der Waals surface area contributed by atoms with Crippen molar-refractivity contribution in [2.75, 3.05) is 19.7 Å². The van der Waals surface area contributed by atoms with Crippen LogP contribution in [0.2, 0.25) is 0 Å². The lowest BCUT2D eigenvalue weighted by molar-refractivity contribution is -0.137. The molecule has 1 amide bonds. The van der Waals surface area contributed by atoms with Gasteiger partial charge in [-0.25, -0.2) is 9.97 Å². The molecule has 1 aliphatic rings. The first-order valence-electron chi connectivity index (χ1n) is 8.85. The van der Waals surface area contributed by atoms with Crippen molar-refractivity contribution in [3.63, 3.8) is 0 Å². The molecule has 3 heterocycles. The van der Waals surface area contributed by atoms with Gasteiger partial charge in [0.25, 0.3) is 0 Å². The fraction of sp³-hybridized carbons (Fsp3) is 0.444. The van der Waals surface area contributed by atoms with Gasteiger partial charge in [-0.3, -0.25) is 9.89 Å². The molecule has 8 nitrogen and oxygen atoms in total. The summed E-state index contributed by atoms with van der Waals surface area (Å²) in [5, 5.41) is 6.81. The van der Waals surface area contributed by atoms with E-state index < -0.39 is 0 Å². The van der Waals surface area contributed by atoms with Gasteiger partial charge >= 0.3 is 0 Å². The van der Waals surface area contributed by atoms with E-state index in [0.29, 0.717) is 13.2 Å². The zero-order valence-corrected chi connectivity index (χ0v) is 14.7. The van der Waals surface area contributed by atoms with Crippen LogP contribution in [0, 0.1) is 6.92 Å². The number of likely N-dealkylation sites (tertiary alicyclic amines) is 1. The van der Waals surface area contributed by atoms with Gasteiger partial charge in [-0.2, -0.15) is 5.10 Å². The quantitative estimate of drug-likeness (QED) is 0.729. The molecule has 3 aromatic rings. The van der Waals surface area contributed by atoms with E-state index in [4.69, 9.17) is 4.74 Å². The molecule has 1 aliphatic heterocycles. The Hall–Kier alpha value is -2.74. The van der Waals surface area contributed by atoms with Crippen molar-refractivity contribution in [1.29, 1.82) is 0 Å². The van der Waals surface area contributed by atoms with E-state index in [1.54, 1.807) is 0 Å². The summed E-state index contributed by atoms with van der Waals surface area (Å²) in [6.45, 7) is 3.79. The molecule has 0 bridgehead atoms. The second-order valence-electron chi connectivity index (χ2n) is 6.70. The first-order chi connectivity index (χ1) is 12.7. The molecule has 0 aliphatic carbocycles. The summed E-state index contributed by atoms with van der Waals surface area (Å²) in [7, 11) is 0. The molecule has 0 saturated carbocycles. The van der Waals surface area contributed by atoms with Crippen molar-refractivity contribution in [1.82, 2.24) is 30.0 Å². The molecular weight excluding hydrogens is 332 g/mol. The van der Waals surface area contributed by atoms with Crippen molar-refractivity contribution in [3.05, 3.63) is 41.7 Å². The van der Waals surface area contributed by atoms with Crippen molar-refractivity contribution >= 4 is 16.9 Å². The van der Waals surface area contributed by atoms with E-state index in [2.05, 4.69) is 25.1 Å². The zero-order valence-electron chi connectivity index (χ0n) is 14.7. The Morgan fingerprint density at radius 1 is 1.42 bits per heavy atom. The summed E-state index contributed by atoms with van der Waals surface area (Å²) >= 11 is 0. The maximum absolute atomic E-state index is 12.5. The number of nitrogens with one attached hydrogen (secondary N) is 2. The molecule has 1 atom stereocenters. The smallest absolute Gasteiger partial charge is 0.248 e. The third-order valence-electron chi connectivity index (χ3n) is 4.82. The minimum Gasteiger partial charge on any atom is -0.364 e. The minimum absolute atomic E-state index is 0.00140. The van der Waals surface area contributed by atoms with Gasteiger partial charge in [-0.1, -0.05) is 12.1 Å². The van der Waals surface area contributed by atoms with Gasteiger partial charge in [-0.05, 0) is 31.4 Å². The maximum Gasteiger partial charge on any atom is 0.248 e. The fourth-order valence-electron chi connectivity index (χ4n) is 3.46. The monoisotopic (exact) mass is 354 g/mol. The number of carbonyl (C=O) groups excluding carboxylic acids is 1.